The van der Waals surface area contributed by atoms with Gasteiger partial charge < -0.3 is 0 Å². The minimum Gasteiger partial charge on any atom is -0.258 e. The number of hydrogen-bond acceptors (Lipinski definition) is 3. The smallest absolute Gasteiger partial charge is 0.258 e. The summed E-state index contributed by atoms with van der Waals surface area (Å²) in [6, 6.07) is 10.1. The van der Waals surface area contributed by atoms with E-state index in [-0.39, 0.29) is 11.6 Å². The number of hydrogen-bond donors (Lipinski definition) is 0. The number of non-ortho nitro benzene ring substituents is 1. The highest BCUT2D eigenvalue weighted by molar-refractivity contribution is 6.36. The number of halogens is 2. The van der Waals surface area contributed by atoms with Crippen LogP contribution in [0.4, 0.5) is 5.69 Å². The number of nitrogens with zero attached hydrogens (tertiary/aromatic N) is 2. The van der Waals surface area contributed by atoms with Gasteiger partial charge in [-0.1, -0.05) is 29.3 Å². The van der Waals surface area contributed by atoms with Crippen molar-refractivity contribution in [3.8, 4) is 17.2 Å². The summed E-state index contributed by atoms with van der Waals surface area (Å²) in [4.78, 5) is 10.5. The van der Waals surface area contributed by atoms with Crippen molar-refractivity contribution in [2.24, 2.45) is 0 Å². The Hall–Kier alpha value is -2.09. The minimum absolute atomic E-state index is 0.0330. The Labute approximate surface area is 130 Å². The molecule has 0 spiro atoms. The average molecular weight is 319 g/mol. The van der Waals surface area contributed by atoms with Crippen LogP contribution < -0.4 is 0 Å². The van der Waals surface area contributed by atoms with Gasteiger partial charge in [0, 0.05) is 27.7 Å². The first-order chi connectivity index (χ1) is 10.0. The van der Waals surface area contributed by atoms with E-state index < -0.39 is 4.92 Å². The molecule has 0 bridgehead atoms. The quantitative estimate of drug-likeness (QED) is 0.563. The third-order valence-electron chi connectivity index (χ3n) is 3.66. The molecule has 21 heavy (non-hydrogen) atoms. The number of fused-ring (bicyclic) bond motifs is 3. The van der Waals surface area contributed by atoms with E-state index in [1.807, 2.05) is 0 Å². The number of nitro groups is 1. The molecule has 0 amide bonds. The van der Waals surface area contributed by atoms with Gasteiger partial charge in [0.2, 0.25) is 0 Å². The zero-order valence-electron chi connectivity index (χ0n) is 10.6. The van der Waals surface area contributed by atoms with Crippen LogP contribution in [0, 0.1) is 21.4 Å². The number of nitro benzene ring substituents is 1. The zero-order chi connectivity index (χ0) is 15.1. The molecule has 0 saturated carbocycles. The van der Waals surface area contributed by atoms with E-state index >= 15 is 0 Å². The Morgan fingerprint density at radius 2 is 1.95 bits per heavy atom. The molecule has 0 aliphatic heterocycles. The summed E-state index contributed by atoms with van der Waals surface area (Å²) in [5, 5.41) is 21.3. The van der Waals surface area contributed by atoms with Crippen LogP contribution in [-0.2, 0) is 6.42 Å². The molecular weight excluding hydrogens is 311 g/mol. The van der Waals surface area contributed by atoms with Crippen molar-refractivity contribution in [3.63, 3.8) is 0 Å². The van der Waals surface area contributed by atoms with Gasteiger partial charge in [0.15, 0.2) is 0 Å². The number of benzene rings is 2. The summed E-state index contributed by atoms with van der Waals surface area (Å²) < 4.78 is 0. The lowest BCUT2D eigenvalue weighted by atomic mass is 9.79. The molecule has 6 heteroatoms. The highest BCUT2D eigenvalue weighted by Crippen LogP contribution is 2.46. The van der Waals surface area contributed by atoms with Gasteiger partial charge in [-0.3, -0.25) is 10.1 Å². The topological polar surface area (TPSA) is 66.9 Å². The third-order valence-corrected chi connectivity index (χ3v) is 4.33. The van der Waals surface area contributed by atoms with E-state index in [1.54, 1.807) is 18.2 Å². The second kappa shape index (κ2) is 5.03. The maximum absolute atomic E-state index is 11.0. The fourth-order valence-corrected chi connectivity index (χ4v) is 3.21. The first-order valence-electron chi connectivity index (χ1n) is 6.18. The molecule has 2 aromatic carbocycles. The van der Waals surface area contributed by atoms with E-state index in [0.717, 1.165) is 11.1 Å². The maximum Gasteiger partial charge on any atom is 0.270 e. The largest absolute Gasteiger partial charge is 0.270 e. The van der Waals surface area contributed by atoms with Gasteiger partial charge in [-0.05, 0) is 35.2 Å². The lowest BCUT2D eigenvalue weighted by molar-refractivity contribution is -0.384. The standard InChI is InChI=1S/C15H8Cl2N2O2/c16-13-3-4-14(17)15-11-6-9(19(20)21)1-2-10(11)8(7-18)5-12(13)15/h1-4,6,8H,5H2. The molecule has 104 valence electrons. The second-order valence-corrected chi connectivity index (χ2v) is 5.61. The van der Waals surface area contributed by atoms with E-state index in [4.69, 9.17) is 23.2 Å². The summed E-state index contributed by atoms with van der Waals surface area (Å²) in [5.41, 5.74) is 2.79. The molecule has 0 N–H and O–H groups in total. The second-order valence-electron chi connectivity index (χ2n) is 4.80. The lowest BCUT2D eigenvalue weighted by Gasteiger charge is -2.25. The van der Waals surface area contributed by atoms with Gasteiger partial charge in [-0.15, -0.1) is 0 Å². The molecule has 2 aromatic rings. The van der Waals surface area contributed by atoms with Crippen molar-refractivity contribution in [3.05, 3.63) is 61.6 Å². The van der Waals surface area contributed by atoms with Gasteiger partial charge in [-0.2, -0.15) is 5.26 Å². The first-order valence-corrected chi connectivity index (χ1v) is 6.93. The molecule has 1 aliphatic rings. The van der Waals surface area contributed by atoms with E-state index in [0.29, 0.717) is 27.6 Å². The Bertz CT molecular complexity index is 812. The van der Waals surface area contributed by atoms with Crippen LogP contribution >= 0.6 is 23.2 Å². The van der Waals surface area contributed by atoms with Crippen LogP contribution in [0.25, 0.3) is 11.1 Å². The monoisotopic (exact) mass is 318 g/mol. The van der Waals surface area contributed by atoms with Gasteiger partial charge in [0.25, 0.3) is 5.69 Å². The Morgan fingerprint density at radius 1 is 1.24 bits per heavy atom. The molecule has 0 aromatic heterocycles. The molecule has 1 unspecified atom stereocenters. The molecule has 0 heterocycles. The molecule has 1 atom stereocenters. The van der Waals surface area contributed by atoms with Crippen molar-refractivity contribution in [2.75, 3.05) is 0 Å². The summed E-state index contributed by atoms with van der Waals surface area (Å²) in [6.45, 7) is 0. The summed E-state index contributed by atoms with van der Waals surface area (Å²) >= 11 is 12.5. The van der Waals surface area contributed by atoms with Crippen LogP contribution in [-0.4, -0.2) is 4.92 Å². The van der Waals surface area contributed by atoms with Gasteiger partial charge in [0.05, 0.1) is 16.9 Å². The van der Waals surface area contributed by atoms with Crippen LogP contribution in [0.15, 0.2) is 30.3 Å². The van der Waals surface area contributed by atoms with E-state index in [2.05, 4.69) is 6.07 Å². The van der Waals surface area contributed by atoms with Crippen molar-refractivity contribution >= 4 is 28.9 Å². The zero-order valence-corrected chi connectivity index (χ0v) is 12.1. The highest BCUT2D eigenvalue weighted by atomic mass is 35.5. The fraction of sp³-hybridized carbons (Fsp3) is 0.133. The predicted molar refractivity (Wildman–Crippen MR) is 80.6 cm³/mol. The summed E-state index contributed by atoms with van der Waals surface area (Å²) in [6.07, 6.45) is 0.454. The molecule has 4 nitrogen and oxygen atoms in total. The van der Waals surface area contributed by atoms with Crippen molar-refractivity contribution in [1.82, 2.24) is 0 Å². The molecule has 3 rings (SSSR count). The van der Waals surface area contributed by atoms with Crippen LogP contribution in [0.3, 0.4) is 0 Å². The third kappa shape index (κ3) is 2.15. The number of nitriles is 1. The summed E-state index contributed by atoms with van der Waals surface area (Å²) in [7, 11) is 0. The van der Waals surface area contributed by atoms with Crippen molar-refractivity contribution in [1.29, 1.82) is 5.26 Å². The van der Waals surface area contributed by atoms with Gasteiger partial charge >= 0.3 is 0 Å². The number of rotatable bonds is 1. The van der Waals surface area contributed by atoms with E-state index in [9.17, 15) is 15.4 Å². The molecule has 1 aliphatic carbocycles. The van der Waals surface area contributed by atoms with Gasteiger partial charge in [-0.25, -0.2) is 0 Å². The average Bonchev–Trinajstić information content (AvgIpc) is 2.49. The van der Waals surface area contributed by atoms with Crippen LogP contribution in [0.5, 0.6) is 0 Å². The first kappa shape index (κ1) is 13.9. The fourth-order valence-electron chi connectivity index (χ4n) is 2.69. The molecular formula is C15H8Cl2N2O2. The SMILES string of the molecule is N#CC1Cc2c(Cl)ccc(Cl)c2-c2cc([N+](=O)[O-])ccc21. The van der Waals surface area contributed by atoms with Crippen molar-refractivity contribution in [2.45, 2.75) is 12.3 Å². The normalized spacial score (nSPS) is 15.8. The molecule has 0 fully saturated rings. The maximum atomic E-state index is 11.0. The predicted octanol–water partition coefficient (Wildman–Crippen LogP) is 4.73. The van der Waals surface area contributed by atoms with Crippen LogP contribution in [0.1, 0.15) is 17.0 Å². The van der Waals surface area contributed by atoms with Crippen LogP contribution in [0.2, 0.25) is 10.0 Å². The van der Waals surface area contributed by atoms with Crippen molar-refractivity contribution < 1.29 is 4.92 Å². The van der Waals surface area contributed by atoms with E-state index in [1.165, 1.54) is 12.1 Å². The summed E-state index contributed by atoms with van der Waals surface area (Å²) in [5.74, 6) is -0.385. The Morgan fingerprint density at radius 3 is 2.62 bits per heavy atom. The Kier molecular flexibility index (Phi) is 3.32. The minimum atomic E-state index is -0.464. The van der Waals surface area contributed by atoms with Gasteiger partial charge in [0.1, 0.15) is 0 Å². The highest BCUT2D eigenvalue weighted by Gasteiger charge is 2.29. The lowest BCUT2D eigenvalue weighted by Crippen LogP contribution is -2.11. The molecule has 0 radical (unpaired) electrons. The Balaban J connectivity index is 2.36. The molecule has 0 saturated heterocycles.